The van der Waals surface area contributed by atoms with Crippen LogP contribution >= 0.6 is 11.6 Å². The maximum atomic E-state index is 12.9. The molecule has 3 aliphatic rings. The number of rotatable bonds is 8. The molecule has 2 aliphatic heterocycles. The molecule has 2 heterocycles. The van der Waals surface area contributed by atoms with Gasteiger partial charge in [0, 0.05) is 29.3 Å². The predicted octanol–water partition coefficient (Wildman–Crippen LogP) is 4.04. The fourth-order valence-electron chi connectivity index (χ4n) is 4.72. The van der Waals surface area contributed by atoms with Gasteiger partial charge in [-0.25, -0.2) is 13.3 Å². The summed E-state index contributed by atoms with van der Waals surface area (Å²) in [6.07, 6.45) is 2.31. The molecule has 182 valence electrons. The third kappa shape index (κ3) is 4.15. The Kier molecular flexibility index (Phi) is 6.00. The maximum Gasteiger partial charge on any atom is 0.254 e. The van der Waals surface area contributed by atoms with Crippen LogP contribution in [0, 0.1) is 5.92 Å². The van der Waals surface area contributed by atoms with Gasteiger partial charge in [0.25, 0.3) is 5.91 Å². The van der Waals surface area contributed by atoms with E-state index < -0.39 is 22.1 Å². The number of carbonyl (C=O) groups excluding carboxylic acids is 1. The van der Waals surface area contributed by atoms with E-state index in [2.05, 4.69) is 0 Å². The topological polar surface area (TPSA) is 85.4 Å². The van der Waals surface area contributed by atoms with Gasteiger partial charge in [-0.2, -0.15) is 5.06 Å². The Hall–Kier alpha value is -2.33. The molecule has 2 atom stereocenters. The molecule has 0 aromatic heterocycles. The Balaban J connectivity index is 1.57. The van der Waals surface area contributed by atoms with Crippen molar-refractivity contribution in [1.29, 1.82) is 0 Å². The average molecular weight is 507 g/mol. The van der Waals surface area contributed by atoms with Crippen molar-refractivity contribution < 1.29 is 27.5 Å². The van der Waals surface area contributed by atoms with Gasteiger partial charge in [-0.05, 0) is 55.2 Å². The van der Waals surface area contributed by atoms with Crippen LogP contribution in [0.3, 0.4) is 0 Å². The normalized spacial score (nSPS) is 20.4. The zero-order valence-corrected chi connectivity index (χ0v) is 20.9. The minimum atomic E-state index is -3.38. The molecule has 1 saturated carbocycles. The Morgan fingerprint density at radius 2 is 2.00 bits per heavy atom. The zero-order chi connectivity index (χ0) is 24.2. The number of anilines is 1. The summed E-state index contributed by atoms with van der Waals surface area (Å²) >= 11 is 6.55. The minimum Gasteiger partial charge on any atom is -0.493 e. The van der Waals surface area contributed by atoms with Gasteiger partial charge in [0.05, 0.1) is 31.2 Å². The van der Waals surface area contributed by atoms with E-state index in [0.717, 1.165) is 29.5 Å². The second kappa shape index (κ2) is 8.71. The van der Waals surface area contributed by atoms with Gasteiger partial charge in [0.2, 0.25) is 0 Å². The Morgan fingerprint density at radius 1 is 1.24 bits per heavy atom. The van der Waals surface area contributed by atoms with Crippen molar-refractivity contribution in [3.63, 3.8) is 0 Å². The van der Waals surface area contributed by atoms with Crippen molar-refractivity contribution in [2.45, 2.75) is 38.6 Å². The number of methoxy groups -OCH3 is 1. The fourth-order valence-corrected chi connectivity index (χ4v) is 5.90. The fraction of sp³-hybridized carbons (Fsp3) is 0.458. The molecule has 0 N–H and O–H groups in total. The first-order valence-corrected chi connectivity index (χ1v) is 13.7. The number of benzene rings is 2. The van der Waals surface area contributed by atoms with Crippen LogP contribution in [-0.4, -0.2) is 45.0 Å². The van der Waals surface area contributed by atoms with Gasteiger partial charge in [0.1, 0.15) is 9.84 Å². The van der Waals surface area contributed by atoms with Crippen LogP contribution in [-0.2, 0) is 26.0 Å². The molecule has 0 saturated heterocycles. The summed E-state index contributed by atoms with van der Waals surface area (Å²) in [5, 5.41) is 1.94. The van der Waals surface area contributed by atoms with Crippen LogP contribution in [0.2, 0.25) is 5.02 Å². The number of hydrogen-bond donors (Lipinski definition) is 0. The molecule has 8 nitrogen and oxygen atoms in total. The molecule has 1 aliphatic carbocycles. The lowest BCUT2D eigenvalue weighted by Gasteiger charge is -2.32. The monoisotopic (exact) mass is 506 g/mol. The molecule has 0 radical (unpaired) electrons. The molecule has 0 bridgehead atoms. The first-order chi connectivity index (χ1) is 16.2. The number of ether oxygens (including phenoxy) is 2. The molecule has 5 rings (SSSR count). The van der Waals surface area contributed by atoms with E-state index in [4.69, 9.17) is 25.9 Å². The Labute approximate surface area is 204 Å². The van der Waals surface area contributed by atoms with E-state index in [0.29, 0.717) is 35.4 Å². The summed E-state index contributed by atoms with van der Waals surface area (Å²) in [6, 6.07) is 8.44. The van der Waals surface area contributed by atoms with E-state index in [1.54, 1.807) is 25.3 Å². The molecule has 2 aromatic carbocycles. The van der Waals surface area contributed by atoms with E-state index in [9.17, 15) is 13.2 Å². The average Bonchev–Trinajstić information content (AvgIpc) is 3.47. The van der Waals surface area contributed by atoms with E-state index in [1.165, 1.54) is 11.3 Å². The number of hydrogen-bond acceptors (Lipinski definition) is 7. The van der Waals surface area contributed by atoms with Crippen LogP contribution in [0.5, 0.6) is 11.5 Å². The largest absolute Gasteiger partial charge is 0.493 e. The van der Waals surface area contributed by atoms with Crippen molar-refractivity contribution >= 4 is 33.0 Å². The first kappa shape index (κ1) is 23.4. The molecular formula is C24H27ClN2O6S. The van der Waals surface area contributed by atoms with Crippen LogP contribution < -0.4 is 14.5 Å². The van der Waals surface area contributed by atoms with Gasteiger partial charge < -0.3 is 9.47 Å². The van der Waals surface area contributed by atoms with Crippen molar-refractivity contribution in [3.05, 3.63) is 52.0 Å². The summed E-state index contributed by atoms with van der Waals surface area (Å²) in [7, 11) is -1.82. The van der Waals surface area contributed by atoms with Crippen LogP contribution in [0.4, 0.5) is 5.69 Å². The number of nitrogens with zero attached hydrogens (tertiary/aromatic N) is 2. The van der Waals surface area contributed by atoms with Gasteiger partial charge >= 0.3 is 0 Å². The Bertz CT molecular complexity index is 1250. The number of carbonyl (C=O) groups is 1. The molecule has 1 fully saturated rings. The van der Waals surface area contributed by atoms with Crippen molar-refractivity contribution in [3.8, 4) is 11.5 Å². The number of halogens is 1. The molecule has 2 aromatic rings. The highest BCUT2D eigenvalue weighted by atomic mass is 35.5. The second-order valence-corrected chi connectivity index (χ2v) is 11.5. The molecular weight excluding hydrogens is 480 g/mol. The van der Waals surface area contributed by atoms with Crippen LogP contribution in [0.25, 0.3) is 0 Å². The molecule has 1 unspecified atom stereocenters. The summed E-state index contributed by atoms with van der Waals surface area (Å²) < 4.78 is 36.2. The van der Waals surface area contributed by atoms with Crippen LogP contribution in [0.15, 0.2) is 30.3 Å². The van der Waals surface area contributed by atoms with E-state index >= 15 is 0 Å². The number of amides is 1. The highest BCUT2D eigenvalue weighted by Crippen LogP contribution is 2.53. The first-order valence-electron chi connectivity index (χ1n) is 11.3. The highest BCUT2D eigenvalue weighted by Gasteiger charge is 2.49. The van der Waals surface area contributed by atoms with Gasteiger partial charge in [-0.1, -0.05) is 17.7 Å². The quantitative estimate of drug-likeness (QED) is 0.534. The van der Waals surface area contributed by atoms with Gasteiger partial charge in [-0.15, -0.1) is 0 Å². The number of sulfone groups is 1. The molecule has 1 amide bonds. The second-order valence-electron chi connectivity index (χ2n) is 8.95. The van der Waals surface area contributed by atoms with Gasteiger partial charge in [0.15, 0.2) is 17.7 Å². The third-order valence-electron chi connectivity index (χ3n) is 6.45. The van der Waals surface area contributed by atoms with E-state index in [1.807, 2.05) is 24.0 Å². The van der Waals surface area contributed by atoms with E-state index in [-0.39, 0.29) is 17.6 Å². The summed E-state index contributed by atoms with van der Waals surface area (Å²) in [4.78, 5) is 21.1. The smallest absolute Gasteiger partial charge is 0.254 e. The summed E-state index contributed by atoms with van der Waals surface area (Å²) in [6.45, 7) is 2.71. The maximum absolute atomic E-state index is 12.9. The molecule has 10 heteroatoms. The van der Waals surface area contributed by atoms with Crippen molar-refractivity contribution in [1.82, 2.24) is 4.90 Å². The minimum absolute atomic E-state index is 0.0271. The molecule has 0 spiro atoms. The summed E-state index contributed by atoms with van der Waals surface area (Å²) in [5.74, 6) is 0.871. The van der Waals surface area contributed by atoms with Crippen LogP contribution in [0.1, 0.15) is 48.7 Å². The SMILES string of the molecule is CCOc1cc([C@@H](CS(C)(=O)=O)N2Cc3c(Cl)ccc4c3C2ON4C(=O)C2CC2)ccc1OC. The van der Waals surface area contributed by atoms with Crippen molar-refractivity contribution in [2.24, 2.45) is 5.92 Å². The summed E-state index contributed by atoms with van der Waals surface area (Å²) in [5.41, 5.74) is 3.12. The number of hydroxylamine groups is 1. The van der Waals surface area contributed by atoms with Crippen molar-refractivity contribution in [2.75, 3.05) is 30.8 Å². The third-order valence-corrected chi connectivity index (χ3v) is 7.73. The lowest BCUT2D eigenvalue weighted by Crippen LogP contribution is -2.36. The Morgan fingerprint density at radius 3 is 2.65 bits per heavy atom. The predicted molar refractivity (Wildman–Crippen MR) is 128 cm³/mol. The van der Waals surface area contributed by atoms with Gasteiger partial charge in [-0.3, -0.25) is 9.69 Å². The highest BCUT2D eigenvalue weighted by molar-refractivity contribution is 7.90. The molecule has 34 heavy (non-hydrogen) atoms. The lowest BCUT2D eigenvalue weighted by molar-refractivity contribution is -0.135. The zero-order valence-electron chi connectivity index (χ0n) is 19.3. The lowest BCUT2D eigenvalue weighted by atomic mass is 10.1. The standard InChI is InChI=1S/C24H27ClN2O6S/c1-4-32-21-11-15(7-10-20(21)31-2)19(13-34(3,29)30)26-12-16-17(25)8-9-18-22(16)24(26)33-27(18)23(28)14-5-6-14/h7-11,14,19,24H,4-6,12-13H2,1-3H3/t19-,24?/m1/s1.